The number of nitrogens with zero attached hydrogens (tertiary/aromatic N) is 1. The second-order valence-electron chi connectivity index (χ2n) is 4.31. The Hall–Kier alpha value is -2.11. The minimum Gasteiger partial charge on any atom is -0.481 e. The Labute approximate surface area is 102 Å². The summed E-state index contributed by atoms with van der Waals surface area (Å²) in [5, 5.41) is 17.6. The SMILES string of the molecule is O=C(O)CCc1ccc2n(c1=O)C(C(=O)O)CC2. The van der Waals surface area contributed by atoms with Crippen molar-refractivity contribution in [2.75, 3.05) is 0 Å². The molecule has 2 rings (SSSR count). The molecule has 1 aliphatic rings. The molecule has 0 bridgehead atoms. The van der Waals surface area contributed by atoms with Crippen LogP contribution in [0.1, 0.15) is 30.1 Å². The molecule has 1 atom stereocenters. The van der Waals surface area contributed by atoms with Gasteiger partial charge in [0.05, 0.1) is 0 Å². The Morgan fingerprint density at radius 3 is 2.67 bits per heavy atom. The molecular weight excluding hydrogens is 238 g/mol. The maximum Gasteiger partial charge on any atom is 0.326 e. The molecule has 0 fully saturated rings. The lowest BCUT2D eigenvalue weighted by Crippen LogP contribution is -2.30. The van der Waals surface area contributed by atoms with Crippen molar-refractivity contribution < 1.29 is 19.8 Å². The number of pyridine rings is 1. The summed E-state index contributed by atoms with van der Waals surface area (Å²) in [5.41, 5.74) is 0.680. The second kappa shape index (κ2) is 4.64. The van der Waals surface area contributed by atoms with Gasteiger partial charge in [0, 0.05) is 17.7 Å². The molecule has 96 valence electrons. The van der Waals surface area contributed by atoms with Crippen LogP contribution < -0.4 is 5.56 Å². The van der Waals surface area contributed by atoms with Gasteiger partial charge in [-0.15, -0.1) is 0 Å². The average molecular weight is 251 g/mol. The number of hydrogen-bond acceptors (Lipinski definition) is 3. The highest BCUT2D eigenvalue weighted by Gasteiger charge is 2.29. The third-order valence-electron chi connectivity index (χ3n) is 3.16. The molecule has 2 N–H and O–H groups in total. The van der Waals surface area contributed by atoms with Crippen LogP contribution in [0.3, 0.4) is 0 Å². The van der Waals surface area contributed by atoms with Crippen LogP contribution in [0, 0.1) is 0 Å². The number of carboxylic acids is 2. The fraction of sp³-hybridized carbons (Fsp3) is 0.417. The smallest absolute Gasteiger partial charge is 0.326 e. The van der Waals surface area contributed by atoms with Gasteiger partial charge >= 0.3 is 11.9 Å². The fourth-order valence-corrected chi connectivity index (χ4v) is 2.26. The van der Waals surface area contributed by atoms with E-state index in [4.69, 9.17) is 10.2 Å². The molecule has 0 saturated heterocycles. The highest BCUT2D eigenvalue weighted by molar-refractivity contribution is 5.72. The van der Waals surface area contributed by atoms with E-state index in [1.807, 2.05) is 0 Å². The number of aryl methyl sites for hydroxylation is 2. The van der Waals surface area contributed by atoms with Crippen LogP contribution in [0.25, 0.3) is 0 Å². The summed E-state index contributed by atoms with van der Waals surface area (Å²) in [5.74, 6) is -2.00. The topological polar surface area (TPSA) is 96.6 Å². The van der Waals surface area contributed by atoms with Gasteiger partial charge in [-0.1, -0.05) is 6.07 Å². The lowest BCUT2D eigenvalue weighted by molar-refractivity contribution is -0.141. The van der Waals surface area contributed by atoms with Crippen molar-refractivity contribution in [3.05, 3.63) is 33.7 Å². The van der Waals surface area contributed by atoms with Crippen LogP contribution in [0.4, 0.5) is 0 Å². The largest absolute Gasteiger partial charge is 0.481 e. The third kappa shape index (κ3) is 2.13. The van der Waals surface area contributed by atoms with Crippen molar-refractivity contribution in [3.63, 3.8) is 0 Å². The molecule has 6 heteroatoms. The molecule has 0 radical (unpaired) electrons. The van der Waals surface area contributed by atoms with Crippen LogP contribution in [-0.2, 0) is 22.4 Å². The van der Waals surface area contributed by atoms with Crippen LogP contribution in [0.15, 0.2) is 16.9 Å². The zero-order valence-electron chi connectivity index (χ0n) is 9.63. The van der Waals surface area contributed by atoms with E-state index >= 15 is 0 Å². The minimum atomic E-state index is -1.02. The Kier molecular flexibility index (Phi) is 3.18. The van der Waals surface area contributed by atoms with Gasteiger partial charge in [0.25, 0.3) is 5.56 Å². The summed E-state index contributed by atoms with van der Waals surface area (Å²) in [6.07, 6.45) is 0.964. The first-order valence-electron chi connectivity index (χ1n) is 5.68. The molecule has 6 nitrogen and oxygen atoms in total. The number of aromatic nitrogens is 1. The Morgan fingerprint density at radius 2 is 2.06 bits per heavy atom. The lowest BCUT2D eigenvalue weighted by atomic mass is 10.1. The summed E-state index contributed by atoms with van der Waals surface area (Å²) in [7, 11) is 0. The minimum absolute atomic E-state index is 0.126. The number of hydrogen-bond donors (Lipinski definition) is 2. The molecule has 1 aliphatic heterocycles. The first-order chi connectivity index (χ1) is 8.50. The molecule has 0 aliphatic carbocycles. The van der Waals surface area contributed by atoms with Crippen molar-refractivity contribution in [1.82, 2.24) is 4.57 Å². The van der Waals surface area contributed by atoms with E-state index in [2.05, 4.69) is 0 Å². The van der Waals surface area contributed by atoms with E-state index in [1.54, 1.807) is 12.1 Å². The predicted octanol–water partition coefficient (Wildman–Crippen LogP) is 0.437. The Morgan fingerprint density at radius 1 is 1.33 bits per heavy atom. The van der Waals surface area contributed by atoms with Gasteiger partial charge in [-0.25, -0.2) is 4.79 Å². The van der Waals surface area contributed by atoms with Crippen LogP contribution in [0.5, 0.6) is 0 Å². The highest BCUT2D eigenvalue weighted by Crippen LogP contribution is 2.23. The third-order valence-corrected chi connectivity index (χ3v) is 3.16. The van der Waals surface area contributed by atoms with Crippen LogP contribution in [0.2, 0.25) is 0 Å². The van der Waals surface area contributed by atoms with Crippen molar-refractivity contribution in [1.29, 1.82) is 0 Å². The molecular formula is C12H13NO5. The van der Waals surface area contributed by atoms with E-state index < -0.39 is 18.0 Å². The summed E-state index contributed by atoms with van der Waals surface area (Å²) < 4.78 is 1.28. The molecule has 2 heterocycles. The van der Waals surface area contributed by atoms with Crippen molar-refractivity contribution in [3.8, 4) is 0 Å². The standard InChI is InChI=1S/C12H13NO5/c14-10(15)6-2-7-1-3-8-4-5-9(12(17)18)13(8)11(7)16/h1,3,9H,2,4-6H2,(H,14,15)(H,17,18). The van der Waals surface area contributed by atoms with E-state index in [1.165, 1.54) is 4.57 Å². The van der Waals surface area contributed by atoms with Gasteiger partial charge in [0.15, 0.2) is 0 Å². The maximum absolute atomic E-state index is 12.1. The van der Waals surface area contributed by atoms with Gasteiger partial charge in [0.2, 0.25) is 0 Å². The molecule has 1 aromatic heterocycles. The zero-order chi connectivity index (χ0) is 13.3. The summed E-state index contributed by atoms with van der Waals surface area (Å²) in [6.45, 7) is 0. The van der Waals surface area contributed by atoms with Gasteiger partial charge in [-0.3, -0.25) is 14.2 Å². The molecule has 1 unspecified atom stereocenters. The molecule has 1 aromatic rings. The van der Waals surface area contributed by atoms with Gasteiger partial charge in [0.1, 0.15) is 6.04 Å². The first kappa shape index (κ1) is 12.3. The number of fused-ring (bicyclic) bond motifs is 1. The molecule has 0 spiro atoms. The highest BCUT2D eigenvalue weighted by atomic mass is 16.4. The maximum atomic E-state index is 12.1. The quantitative estimate of drug-likeness (QED) is 0.809. The van der Waals surface area contributed by atoms with Crippen molar-refractivity contribution in [2.24, 2.45) is 0 Å². The first-order valence-corrected chi connectivity index (χ1v) is 5.68. The number of carbonyl (C=O) groups is 2. The summed E-state index contributed by atoms with van der Waals surface area (Å²) >= 11 is 0. The average Bonchev–Trinajstić information content (AvgIpc) is 2.72. The van der Waals surface area contributed by atoms with E-state index in [0.717, 1.165) is 0 Å². The molecule has 0 saturated carbocycles. The number of aliphatic carboxylic acids is 2. The van der Waals surface area contributed by atoms with Crippen LogP contribution in [-0.4, -0.2) is 26.7 Å². The van der Waals surface area contributed by atoms with Gasteiger partial charge < -0.3 is 10.2 Å². The van der Waals surface area contributed by atoms with E-state index in [9.17, 15) is 14.4 Å². The summed E-state index contributed by atoms with van der Waals surface area (Å²) in [6, 6.07) is 2.49. The predicted molar refractivity (Wildman–Crippen MR) is 61.7 cm³/mol. The second-order valence-corrected chi connectivity index (χ2v) is 4.31. The zero-order valence-corrected chi connectivity index (χ0v) is 9.63. The van der Waals surface area contributed by atoms with E-state index in [-0.39, 0.29) is 18.4 Å². The normalized spacial score (nSPS) is 17.4. The van der Waals surface area contributed by atoms with Crippen molar-refractivity contribution in [2.45, 2.75) is 31.7 Å². The van der Waals surface area contributed by atoms with Crippen LogP contribution >= 0.6 is 0 Å². The lowest BCUT2D eigenvalue weighted by Gasteiger charge is -2.11. The van der Waals surface area contributed by atoms with E-state index in [0.29, 0.717) is 24.1 Å². The van der Waals surface area contributed by atoms with Crippen molar-refractivity contribution >= 4 is 11.9 Å². The fourth-order valence-electron chi connectivity index (χ4n) is 2.26. The van der Waals surface area contributed by atoms with Gasteiger partial charge in [-0.05, 0) is 25.3 Å². The van der Waals surface area contributed by atoms with Gasteiger partial charge in [-0.2, -0.15) is 0 Å². The number of carboxylic acid groups (broad SMARTS) is 2. The molecule has 18 heavy (non-hydrogen) atoms. The number of rotatable bonds is 4. The monoisotopic (exact) mass is 251 g/mol. The summed E-state index contributed by atoms with van der Waals surface area (Å²) in [4.78, 5) is 33.6. The molecule has 0 amide bonds. The molecule has 0 aromatic carbocycles. The Bertz CT molecular complexity index is 560. The Balaban J connectivity index is 2.37.